The highest BCUT2D eigenvalue weighted by molar-refractivity contribution is 6.43. The van der Waals surface area contributed by atoms with E-state index in [0.717, 1.165) is 6.20 Å². The summed E-state index contributed by atoms with van der Waals surface area (Å²) in [6, 6.07) is 5.06. The number of aromatic nitrogens is 2. The van der Waals surface area contributed by atoms with Gasteiger partial charge in [0.25, 0.3) is 0 Å². The van der Waals surface area contributed by atoms with Crippen molar-refractivity contribution in [2.24, 2.45) is 0 Å². The number of carbonyl (C=O) groups is 1. The van der Waals surface area contributed by atoms with Crippen molar-refractivity contribution in [3.63, 3.8) is 0 Å². The zero-order chi connectivity index (χ0) is 13.1. The zero-order valence-electron chi connectivity index (χ0n) is 8.89. The van der Waals surface area contributed by atoms with E-state index in [9.17, 15) is 4.79 Å². The predicted octanol–water partition coefficient (Wildman–Crippen LogP) is 3.23. The molecule has 0 spiro atoms. The third-order valence-corrected chi connectivity index (χ3v) is 2.89. The van der Waals surface area contributed by atoms with Crippen molar-refractivity contribution >= 4 is 40.7 Å². The fourth-order valence-corrected chi connectivity index (χ4v) is 1.62. The van der Waals surface area contributed by atoms with Gasteiger partial charge in [0, 0.05) is 0 Å². The molecule has 7 heteroatoms. The Hall–Kier alpha value is -1.85. The summed E-state index contributed by atoms with van der Waals surface area (Å²) in [5, 5.41) is 12.4. The Kier molecular flexibility index (Phi) is 3.64. The first-order chi connectivity index (χ1) is 8.58. The predicted molar refractivity (Wildman–Crippen MR) is 68.7 cm³/mol. The van der Waals surface area contributed by atoms with Crippen LogP contribution in [-0.2, 0) is 0 Å². The van der Waals surface area contributed by atoms with E-state index in [1.807, 2.05) is 0 Å². The Bertz CT molecular complexity index is 605. The van der Waals surface area contributed by atoms with Crippen LogP contribution >= 0.6 is 23.2 Å². The molecule has 0 aliphatic heterocycles. The largest absolute Gasteiger partial charge is 0.476 e. The summed E-state index contributed by atoms with van der Waals surface area (Å²) in [5.74, 6) is -0.873. The number of anilines is 2. The van der Waals surface area contributed by atoms with Crippen molar-refractivity contribution in [2.75, 3.05) is 5.32 Å². The van der Waals surface area contributed by atoms with Crippen molar-refractivity contribution < 1.29 is 9.90 Å². The second kappa shape index (κ2) is 5.20. The lowest BCUT2D eigenvalue weighted by atomic mass is 10.3. The van der Waals surface area contributed by atoms with Gasteiger partial charge in [0.15, 0.2) is 5.69 Å². The SMILES string of the molecule is O=C(O)c1cncc(Nc2cccc(Cl)c2Cl)n1. The molecule has 1 aromatic carbocycles. The number of rotatable bonds is 3. The van der Waals surface area contributed by atoms with E-state index >= 15 is 0 Å². The molecule has 0 atom stereocenters. The Labute approximate surface area is 112 Å². The average molecular weight is 284 g/mol. The molecule has 0 unspecified atom stereocenters. The standard InChI is InChI=1S/C11H7Cl2N3O2/c12-6-2-1-3-7(10(6)13)15-9-5-14-4-8(16-9)11(17)18/h1-5H,(H,15,16)(H,17,18). The molecule has 0 aliphatic rings. The van der Waals surface area contributed by atoms with Gasteiger partial charge in [0.2, 0.25) is 0 Å². The Morgan fingerprint density at radius 2 is 2.06 bits per heavy atom. The highest BCUT2D eigenvalue weighted by atomic mass is 35.5. The van der Waals surface area contributed by atoms with Gasteiger partial charge in [-0.05, 0) is 12.1 Å². The summed E-state index contributed by atoms with van der Waals surface area (Å²) in [6.07, 6.45) is 2.55. The summed E-state index contributed by atoms with van der Waals surface area (Å²) in [6.45, 7) is 0. The first-order valence-electron chi connectivity index (χ1n) is 4.84. The zero-order valence-corrected chi connectivity index (χ0v) is 10.4. The third kappa shape index (κ3) is 2.69. The molecule has 18 heavy (non-hydrogen) atoms. The number of benzene rings is 1. The van der Waals surface area contributed by atoms with Crippen LogP contribution in [-0.4, -0.2) is 21.0 Å². The van der Waals surface area contributed by atoms with Crippen molar-refractivity contribution in [1.82, 2.24) is 9.97 Å². The second-order valence-electron chi connectivity index (χ2n) is 3.32. The van der Waals surface area contributed by atoms with Crippen LogP contribution in [0.5, 0.6) is 0 Å². The van der Waals surface area contributed by atoms with E-state index in [1.165, 1.54) is 6.20 Å². The first-order valence-corrected chi connectivity index (χ1v) is 5.60. The van der Waals surface area contributed by atoms with Crippen LogP contribution in [0.25, 0.3) is 0 Å². The molecular weight excluding hydrogens is 277 g/mol. The summed E-state index contributed by atoms with van der Waals surface area (Å²) in [7, 11) is 0. The van der Waals surface area contributed by atoms with Gasteiger partial charge in [-0.1, -0.05) is 29.3 Å². The first kappa shape index (κ1) is 12.6. The maximum Gasteiger partial charge on any atom is 0.356 e. The summed E-state index contributed by atoms with van der Waals surface area (Å²) in [5.41, 5.74) is 0.374. The monoisotopic (exact) mass is 283 g/mol. The number of nitrogens with zero attached hydrogens (tertiary/aromatic N) is 2. The molecule has 0 aliphatic carbocycles. The molecule has 0 saturated carbocycles. The topological polar surface area (TPSA) is 75.1 Å². The van der Waals surface area contributed by atoms with E-state index in [4.69, 9.17) is 28.3 Å². The molecule has 0 radical (unpaired) electrons. The van der Waals surface area contributed by atoms with Crippen molar-refractivity contribution in [3.8, 4) is 0 Å². The van der Waals surface area contributed by atoms with Gasteiger partial charge < -0.3 is 10.4 Å². The lowest BCUT2D eigenvalue weighted by molar-refractivity contribution is 0.0690. The number of nitrogens with one attached hydrogen (secondary N) is 1. The molecule has 2 aromatic rings. The van der Waals surface area contributed by atoms with Crippen molar-refractivity contribution in [3.05, 3.63) is 46.3 Å². The molecule has 92 valence electrons. The maximum absolute atomic E-state index is 10.7. The number of hydrogen-bond acceptors (Lipinski definition) is 4. The number of halogens is 2. The van der Waals surface area contributed by atoms with Crippen LogP contribution in [0.2, 0.25) is 10.0 Å². The van der Waals surface area contributed by atoms with Crippen LogP contribution in [0.1, 0.15) is 10.5 Å². The fourth-order valence-electron chi connectivity index (χ4n) is 1.27. The highest BCUT2D eigenvalue weighted by Crippen LogP contribution is 2.31. The summed E-state index contributed by atoms with van der Waals surface area (Å²) < 4.78 is 0. The van der Waals surface area contributed by atoms with Gasteiger partial charge in [0.1, 0.15) is 5.82 Å². The number of carboxylic acids is 1. The molecule has 5 nitrogen and oxygen atoms in total. The van der Waals surface area contributed by atoms with E-state index in [0.29, 0.717) is 15.7 Å². The molecule has 1 heterocycles. The van der Waals surface area contributed by atoms with Gasteiger partial charge in [-0.25, -0.2) is 9.78 Å². The molecule has 0 fully saturated rings. The maximum atomic E-state index is 10.7. The second-order valence-corrected chi connectivity index (χ2v) is 4.11. The Morgan fingerprint density at radius 3 is 2.78 bits per heavy atom. The van der Waals surface area contributed by atoms with Crippen molar-refractivity contribution in [1.29, 1.82) is 0 Å². The minimum Gasteiger partial charge on any atom is -0.476 e. The molecule has 2 rings (SSSR count). The van der Waals surface area contributed by atoms with Gasteiger partial charge in [0.05, 0.1) is 28.1 Å². The number of aromatic carboxylic acids is 1. The molecule has 0 saturated heterocycles. The normalized spacial score (nSPS) is 10.1. The van der Waals surface area contributed by atoms with E-state index in [-0.39, 0.29) is 11.5 Å². The highest BCUT2D eigenvalue weighted by Gasteiger charge is 2.08. The number of carboxylic acid groups (broad SMARTS) is 1. The fraction of sp³-hybridized carbons (Fsp3) is 0. The molecule has 1 aromatic heterocycles. The van der Waals surface area contributed by atoms with Gasteiger partial charge in [-0.3, -0.25) is 4.98 Å². The molecule has 0 amide bonds. The van der Waals surface area contributed by atoms with Crippen LogP contribution in [0.3, 0.4) is 0 Å². The third-order valence-electron chi connectivity index (χ3n) is 2.07. The van der Waals surface area contributed by atoms with Crippen LogP contribution in [0.15, 0.2) is 30.6 Å². The minimum absolute atomic E-state index is 0.154. The van der Waals surface area contributed by atoms with Gasteiger partial charge in [-0.15, -0.1) is 0 Å². The molecule has 2 N–H and O–H groups in total. The van der Waals surface area contributed by atoms with Crippen LogP contribution < -0.4 is 5.32 Å². The smallest absolute Gasteiger partial charge is 0.356 e. The van der Waals surface area contributed by atoms with E-state index in [1.54, 1.807) is 18.2 Å². The average Bonchev–Trinajstić information content (AvgIpc) is 2.35. The molecular formula is C11H7Cl2N3O2. The molecule has 0 bridgehead atoms. The van der Waals surface area contributed by atoms with Crippen LogP contribution in [0.4, 0.5) is 11.5 Å². The summed E-state index contributed by atoms with van der Waals surface area (Å²) >= 11 is 11.8. The van der Waals surface area contributed by atoms with E-state index in [2.05, 4.69) is 15.3 Å². The van der Waals surface area contributed by atoms with Crippen molar-refractivity contribution in [2.45, 2.75) is 0 Å². The minimum atomic E-state index is -1.15. The lowest BCUT2D eigenvalue weighted by Gasteiger charge is -2.08. The van der Waals surface area contributed by atoms with Gasteiger partial charge in [-0.2, -0.15) is 0 Å². The van der Waals surface area contributed by atoms with E-state index < -0.39 is 5.97 Å². The van der Waals surface area contributed by atoms with Gasteiger partial charge >= 0.3 is 5.97 Å². The quantitative estimate of drug-likeness (QED) is 0.905. The summed E-state index contributed by atoms with van der Waals surface area (Å²) in [4.78, 5) is 18.4. The number of hydrogen-bond donors (Lipinski definition) is 2. The lowest BCUT2D eigenvalue weighted by Crippen LogP contribution is -2.04. The van der Waals surface area contributed by atoms with Crippen LogP contribution in [0, 0.1) is 0 Å². The Balaban J connectivity index is 2.31. The Morgan fingerprint density at radius 1 is 1.28 bits per heavy atom.